The highest BCUT2D eigenvalue weighted by molar-refractivity contribution is 5.78. The van der Waals surface area contributed by atoms with Crippen molar-refractivity contribution in [1.29, 1.82) is 0 Å². The number of aromatic nitrogens is 3. The summed E-state index contributed by atoms with van der Waals surface area (Å²) in [5.41, 5.74) is 5.33. The largest absolute Gasteiger partial charge is 0.367 e. The minimum absolute atomic E-state index is 0.0389. The Morgan fingerprint density at radius 1 is 1.47 bits per heavy atom. The van der Waals surface area contributed by atoms with Gasteiger partial charge in [-0.3, -0.25) is 9.59 Å². The zero-order valence-electron chi connectivity index (χ0n) is 11.2. The molecular weight excluding hydrogens is 248 g/mol. The summed E-state index contributed by atoms with van der Waals surface area (Å²) in [4.78, 5) is 26.7. The van der Waals surface area contributed by atoms with Crippen LogP contribution < -0.4 is 16.4 Å². The van der Waals surface area contributed by atoms with Crippen LogP contribution in [0.2, 0.25) is 0 Å². The van der Waals surface area contributed by atoms with E-state index in [2.05, 4.69) is 20.7 Å². The van der Waals surface area contributed by atoms with Crippen LogP contribution in [0.1, 0.15) is 26.7 Å². The number of hydrogen-bond acceptors (Lipinski definition) is 5. The highest BCUT2D eigenvalue weighted by Gasteiger charge is 2.07. The van der Waals surface area contributed by atoms with Crippen LogP contribution in [0.15, 0.2) is 6.33 Å². The molecule has 1 heterocycles. The molecule has 0 aliphatic rings. The van der Waals surface area contributed by atoms with Crippen molar-refractivity contribution in [2.75, 3.05) is 12.3 Å². The van der Waals surface area contributed by atoms with Gasteiger partial charge in [0.05, 0.1) is 0 Å². The second-order valence-electron chi connectivity index (χ2n) is 4.28. The first-order valence-corrected chi connectivity index (χ1v) is 6.22. The quantitative estimate of drug-likeness (QED) is 0.603. The standard InChI is InChI=1S/C11H20N6O2/c1-3-8(2)15-9(18)4-5-13-10(19)6-17-7-14-11(12)16-17/h7-8H,3-6H2,1-2H3,(H2,12,16)(H,13,19)(H,15,18). The number of nitrogens with one attached hydrogen (secondary N) is 2. The highest BCUT2D eigenvalue weighted by Crippen LogP contribution is 1.90. The van der Waals surface area contributed by atoms with E-state index in [1.54, 1.807) is 0 Å². The monoisotopic (exact) mass is 268 g/mol. The molecule has 0 saturated heterocycles. The summed E-state index contributed by atoms with van der Waals surface area (Å²) < 4.78 is 1.34. The Balaban J connectivity index is 2.18. The van der Waals surface area contributed by atoms with Crippen LogP contribution >= 0.6 is 0 Å². The minimum Gasteiger partial charge on any atom is -0.367 e. The molecule has 0 bridgehead atoms. The van der Waals surface area contributed by atoms with Crippen molar-refractivity contribution < 1.29 is 9.59 Å². The molecule has 0 aromatic carbocycles. The van der Waals surface area contributed by atoms with Crippen LogP contribution in [0.3, 0.4) is 0 Å². The van der Waals surface area contributed by atoms with Crippen LogP contribution in [-0.4, -0.2) is 39.2 Å². The fourth-order valence-electron chi connectivity index (χ4n) is 1.35. The molecule has 19 heavy (non-hydrogen) atoms. The maximum absolute atomic E-state index is 11.5. The third kappa shape index (κ3) is 5.84. The molecule has 1 aromatic rings. The van der Waals surface area contributed by atoms with Gasteiger partial charge in [-0.05, 0) is 13.3 Å². The summed E-state index contributed by atoms with van der Waals surface area (Å²) in [7, 11) is 0. The first kappa shape index (κ1) is 14.9. The number of rotatable bonds is 7. The molecule has 0 fully saturated rings. The van der Waals surface area contributed by atoms with Gasteiger partial charge >= 0.3 is 0 Å². The predicted molar refractivity (Wildman–Crippen MR) is 70.0 cm³/mol. The number of carbonyl (C=O) groups is 2. The molecule has 8 heteroatoms. The van der Waals surface area contributed by atoms with Crippen molar-refractivity contribution >= 4 is 17.8 Å². The first-order chi connectivity index (χ1) is 9.01. The van der Waals surface area contributed by atoms with Gasteiger partial charge in [0.25, 0.3) is 0 Å². The fraction of sp³-hybridized carbons (Fsp3) is 0.636. The number of nitrogen functional groups attached to an aromatic ring is 1. The van der Waals surface area contributed by atoms with E-state index in [1.165, 1.54) is 11.0 Å². The third-order valence-electron chi connectivity index (χ3n) is 2.55. The van der Waals surface area contributed by atoms with Gasteiger partial charge < -0.3 is 16.4 Å². The Morgan fingerprint density at radius 2 is 2.21 bits per heavy atom. The van der Waals surface area contributed by atoms with Gasteiger partial charge in [0, 0.05) is 19.0 Å². The zero-order valence-corrected chi connectivity index (χ0v) is 11.2. The third-order valence-corrected chi connectivity index (χ3v) is 2.55. The van der Waals surface area contributed by atoms with Crippen molar-refractivity contribution in [2.45, 2.75) is 39.3 Å². The molecule has 0 aliphatic heterocycles. The predicted octanol–water partition coefficient (Wildman–Crippen LogP) is -0.719. The van der Waals surface area contributed by atoms with Crippen LogP contribution in [0, 0.1) is 0 Å². The summed E-state index contributed by atoms with van der Waals surface area (Å²) in [5, 5.41) is 9.24. The van der Waals surface area contributed by atoms with E-state index in [0.29, 0.717) is 6.54 Å². The van der Waals surface area contributed by atoms with E-state index < -0.39 is 0 Å². The van der Waals surface area contributed by atoms with Crippen molar-refractivity contribution in [2.24, 2.45) is 0 Å². The molecule has 1 atom stereocenters. The Hall–Kier alpha value is -2.12. The molecule has 106 valence electrons. The lowest BCUT2D eigenvalue weighted by atomic mass is 10.2. The van der Waals surface area contributed by atoms with Gasteiger partial charge in [-0.15, -0.1) is 5.10 Å². The molecular formula is C11H20N6O2. The molecule has 8 nitrogen and oxygen atoms in total. The van der Waals surface area contributed by atoms with Gasteiger partial charge in [0.15, 0.2) is 0 Å². The average molecular weight is 268 g/mol. The van der Waals surface area contributed by atoms with Crippen molar-refractivity contribution in [1.82, 2.24) is 25.4 Å². The summed E-state index contributed by atoms with van der Waals surface area (Å²) in [5.74, 6) is -0.179. The molecule has 1 aromatic heterocycles. The van der Waals surface area contributed by atoms with Gasteiger partial charge in [0.1, 0.15) is 12.9 Å². The van der Waals surface area contributed by atoms with Crippen LogP contribution in [0.5, 0.6) is 0 Å². The highest BCUT2D eigenvalue weighted by atomic mass is 16.2. The molecule has 1 unspecified atom stereocenters. The normalized spacial score (nSPS) is 11.9. The smallest absolute Gasteiger partial charge is 0.241 e. The lowest BCUT2D eigenvalue weighted by Gasteiger charge is -2.11. The van der Waals surface area contributed by atoms with Crippen molar-refractivity contribution in [3.8, 4) is 0 Å². The Labute approximate surface area is 111 Å². The fourth-order valence-corrected chi connectivity index (χ4v) is 1.35. The molecule has 1 rings (SSSR count). The second-order valence-corrected chi connectivity index (χ2v) is 4.28. The summed E-state index contributed by atoms with van der Waals surface area (Å²) in [6.07, 6.45) is 2.52. The van der Waals surface area contributed by atoms with E-state index in [0.717, 1.165) is 6.42 Å². The second kappa shape index (κ2) is 7.34. The minimum atomic E-state index is -0.235. The van der Waals surface area contributed by atoms with Crippen molar-refractivity contribution in [3.05, 3.63) is 6.33 Å². The molecule has 0 aliphatic carbocycles. The van der Waals surface area contributed by atoms with Crippen LogP contribution in [-0.2, 0) is 16.1 Å². The maximum atomic E-state index is 11.5. The van der Waals surface area contributed by atoms with Gasteiger partial charge in [-0.2, -0.15) is 0 Å². The summed E-state index contributed by atoms with van der Waals surface area (Å²) in [6.45, 7) is 4.27. The number of amides is 2. The number of hydrogen-bond donors (Lipinski definition) is 3. The molecule has 4 N–H and O–H groups in total. The van der Waals surface area contributed by atoms with Crippen molar-refractivity contribution in [3.63, 3.8) is 0 Å². The van der Waals surface area contributed by atoms with E-state index in [-0.39, 0.29) is 36.8 Å². The Kier molecular flexibility index (Phi) is 5.77. The number of anilines is 1. The average Bonchev–Trinajstić information content (AvgIpc) is 2.74. The molecule has 0 spiro atoms. The van der Waals surface area contributed by atoms with Gasteiger partial charge in [-0.25, -0.2) is 9.67 Å². The lowest BCUT2D eigenvalue weighted by molar-refractivity contribution is -0.123. The van der Waals surface area contributed by atoms with Crippen LogP contribution in [0.4, 0.5) is 5.95 Å². The van der Waals surface area contributed by atoms with Gasteiger partial charge in [-0.1, -0.05) is 6.92 Å². The first-order valence-electron chi connectivity index (χ1n) is 6.22. The van der Waals surface area contributed by atoms with Gasteiger partial charge in [0.2, 0.25) is 17.8 Å². The summed E-state index contributed by atoms with van der Waals surface area (Å²) in [6, 6.07) is 0.154. The topological polar surface area (TPSA) is 115 Å². The number of carbonyl (C=O) groups excluding carboxylic acids is 2. The Bertz CT molecular complexity index is 431. The zero-order chi connectivity index (χ0) is 14.3. The molecule has 2 amide bonds. The molecule has 0 radical (unpaired) electrons. The summed E-state index contributed by atoms with van der Waals surface area (Å²) >= 11 is 0. The number of nitrogens with zero attached hydrogens (tertiary/aromatic N) is 3. The van der Waals surface area contributed by atoms with E-state index in [9.17, 15) is 9.59 Å². The van der Waals surface area contributed by atoms with E-state index in [1.807, 2.05) is 13.8 Å². The number of nitrogens with two attached hydrogens (primary N) is 1. The van der Waals surface area contributed by atoms with E-state index >= 15 is 0 Å². The Morgan fingerprint density at radius 3 is 2.79 bits per heavy atom. The molecule has 0 saturated carbocycles. The SMILES string of the molecule is CCC(C)NC(=O)CCNC(=O)Cn1cnc(N)n1. The van der Waals surface area contributed by atoms with E-state index in [4.69, 9.17) is 5.73 Å². The lowest BCUT2D eigenvalue weighted by Crippen LogP contribution is -2.36. The van der Waals surface area contributed by atoms with Crippen LogP contribution in [0.25, 0.3) is 0 Å². The maximum Gasteiger partial charge on any atom is 0.241 e.